The number of hydrogen-bond acceptors (Lipinski definition) is 4. The van der Waals surface area contributed by atoms with Crippen molar-refractivity contribution in [3.8, 4) is 11.4 Å². The first-order chi connectivity index (χ1) is 13.6. The maximum atomic E-state index is 13.3. The second-order valence-corrected chi connectivity index (χ2v) is 7.58. The largest absolute Gasteiger partial charge is 0.339 e. The number of hydrogen-bond donors (Lipinski definition) is 1. The van der Waals surface area contributed by atoms with Gasteiger partial charge in [0.15, 0.2) is 0 Å². The number of urea groups is 1. The number of amides is 2. The Hall–Kier alpha value is -2.74. The summed E-state index contributed by atoms with van der Waals surface area (Å²) in [5.74, 6) is 0.904. The van der Waals surface area contributed by atoms with Gasteiger partial charge in [0.05, 0.1) is 0 Å². The number of halogens is 2. The number of likely N-dealkylation sites (tertiary alicyclic amines) is 1. The molecule has 0 unspecified atom stereocenters. The third-order valence-corrected chi connectivity index (χ3v) is 5.28. The van der Waals surface area contributed by atoms with Gasteiger partial charge >= 0.3 is 6.03 Å². The molecule has 0 bridgehead atoms. The number of rotatable bonds is 3. The van der Waals surface area contributed by atoms with Crippen molar-refractivity contribution >= 4 is 27.6 Å². The lowest BCUT2D eigenvalue weighted by atomic mass is 9.97. The minimum Gasteiger partial charge on any atom is -0.339 e. The molecular formula is C20H18BrFN4O2. The molecule has 1 aromatic heterocycles. The van der Waals surface area contributed by atoms with Crippen molar-refractivity contribution in [2.45, 2.75) is 18.8 Å². The van der Waals surface area contributed by atoms with Crippen LogP contribution in [0.3, 0.4) is 0 Å². The molecule has 0 radical (unpaired) electrons. The maximum absolute atomic E-state index is 13.3. The Morgan fingerprint density at radius 2 is 1.93 bits per heavy atom. The molecular weight excluding hydrogens is 427 g/mol. The van der Waals surface area contributed by atoms with E-state index in [9.17, 15) is 9.18 Å². The summed E-state index contributed by atoms with van der Waals surface area (Å²) in [5, 5.41) is 6.81. The van der Waals surface area contributed by atoms with Crippen LogP contribution in [0, 0.1) is 5.82 Å². The topological polar surface area (TPSA) is 71.3 Å². The molecule has 0 aliphatic carbocycles. The van der Waals surface area contributed by atoms with Crippen molar-refractivity contribution in [2.75, 3.05) is 18.4 Å². The van der Waals surface area contributed by atoms with Gasteiger partial charge in [0, 0.05) is 34.7 Å². The first kappa shape index (κ1) is 18.6. The number of nitrogens with zero attached hydrogens (tertiary/aromatic N) is 3. The van der Waals surface area contributed by atoms with E-state index in [0.29, 0.717) is 30.5 Å². The molecule has 0 saturated carbocycles. The quantitative estimate of drug-likeness (QED) is 0.613. The first-order valence-corrected chi connectivity index (χ1v) is 9.79. The molecule has 2 heterocycles. The van der Waals surface area contributed by atoms with Gasteiger partial charge in [-0.25, -0.2) is 9.18 Å². The highest BCUT2D eigenvalue weighted by atomic mass is 79.9. The highest BCUT2D eigenvalue weighted by molar-refractivity contribution is 9.10. The zero-order valence-corrected chi connectivity index (χ0v) is 16.5. The van der Waals surface area contributed by atoms with Crippen LogP contribution in [-0.2, 0) is 0 Å². The van der Waals surface area contributed by atoms with Gasteiger partial charge in [-0.15, -0.1) is 0 Å². The molecule has 144 valence electrons. The van der Waals surface area contributed by atoms with Gasteiger partial charge < -0.3 is 14.7 Å². The van der Waals surface area contributed by atoms with Crippen LogP contribution >= 0.6 is 15.9 Å². The van der Waals surface area contributed by atoms with Crippen LogP contribution in [0.5, 0.6) is 0 Å². The average Bonchev–Trinajstić information content (AvgIpc) is 3.19. The standard InChI is InChI=1S/C20H18BrFN4O2/c21-15-6-4-13(5-7-15)18-24-19(28-25-18)14-8-10-26(11-9-14)20(27)23-17-3-1-2-16(22)12-17/h1-7,12,14H,8-11H2,(H,23,27). The van der Waals surface area contributed by atoms with E-state index in [-0.39, 0.29) is 17.8 Å². The summed E-state index contributed by atoms with van der Waals surface area (Å²) in [6.07, 6.45) is 1.47. The van der Waals surface area contributed by atoms with Crippen molar-refractivity contribution in [3.05, 3.63) is 64.7 Å². The van der Waals surface area contributed by atoms with Crippen LogP contribution in [0.15, 0.2) is 57.5 Å². The summed E-state index contributed by atoms with van der Waals surface area (Å²) >= 11 is 3.41. The van der Waals surface area contributed by atoms with E-state index in [1.165, 1.54) is 12.1 Å². The fraction of sp³-hybridized carbons (Fsp3) is 0.250. The normalized spacial score (nSPS) is 14.9. The van der Waals surface area contributed by atoms with Gasteiger partial charge in [0.2, 0.25) is 11.7 Å². The van der Waals surface area contributed by atoms with Crippen LogP contribution in [0.1, 0.15) is 24.7 Å². The molecule has 1 saturated heterocycles. The smallest absolute Gasteiger partial charge is 0.321 e. The molecule has 28 heavy (non-hydrogen) atoms. The third-order valence-electron chi connectivity index (χ3n) is 4.75. The minimum absolute atomic E-state index is 0.120. The van der Waals surface area contributed by atoms with E-state index >= 15 is 0 Å². The summed E-state index contributed by atoms with van der Waals surface area (Å²) in [6, 6.07) is 13.4. The second kappa shape index (κ2) is 8.10. The summed E-state index contributed by atoms with van der Waals surface area (Å²) in [7, 11) is 0. The molecule has 0 atom stereocenters. The number of carbonyl (C=O) groups excluding carboxylic acids is 1. The first-order valence-electron chi connectivity index (χ1n) is 8.99. The SMILES string of the molecule is O=C(Nc1cccc(F)c1)N1CCC(c2nc(-c3ccc(Br)cc3)no2)CC1. The number of carbonyl (C=O) groups is 1. The van der Waals surface area contributed by atoms with Gasteiger partial charge in [-0.3, -0.25) is 0 Å². The predicted octanol–water partition coefficient (Wildman–Crippen LogP) is 5.05. The molecule has 1 fully saturated rings. The lowest BCUT2D eigenvalue weighted by Crippen LogP contribution is -2.40. The molecule has 6 nitrogen and oxygen atoms in total. The summed E-state index contributed by atoms with van der Waals surface area (Å²) in [6.45, 7) is 1.14. The highest BCUT2D eigenvalue weighted by Crippen LogP contribution is 2.29. The summed E-state index contributed by atoms with van der Waals surface area (Å²) in [4.78, 5) is 18.6. The Bertz CT molecular complexity index is 968. The van der Waals surface area contributed by atoms with Gasteiger partial charge in [-0.2, -0.15) is 4.98 Å². The Morgan fingerprint density at radius 1 is 1.18 bits per heavy atom. The van der Waals surface area contributed by atoms with Crippen LogP contribution in [-0.4, -0.2) is 34.2 Å². The lowest BCUT2D eigenvalue weighted by Gasteiger charge is -2.30. The van der Waals surface area contributed by atoms with Crippen LogP contribution < -0.4 is 5.32 Å². The van der Waals surface area contributed by atoms with E-state index < -0.39 is 0 Å². The van der Waals surface area contributed by atoms with E-state index in [4.69, 9.17) is 4.52 Å². The second-order valence-electron chi connectivity index (χ2n) is 6.66. The van der Waals surface area contributed by atoms with E-state index in [1.54, 1.807) is 17.0 Å². The molecule has 4 rings (SSSR count). The van der Waals surface area contributed by atoms with Crippen LogP contribution in [0.25, 0.3) is 11.4 Å². The Labute approximate surface area is 169 Å². The van der Waals surface area contributed by atoms with E-state index in [1.807, 2.05) is 24.3 Å². The van der Waals surface area contributed by atoms with E-state index in [0.717, 1.165) is 22.9 Å². The maximum Gasteiger partial charge on any atom is 0.321 e. The summed E-state index contributed by atoms with van der Waals surface area (Å²) < 4.78 is 19.7. The molecule has 8 heteroatoms. The van der Waals surface area contributed by atoms with E-state index in [2.05, 4.69) is 31.4 Å². The molecule has 2 aromatic carbocycles. The van der Waals surface area contributed by atoms with Crippen LogP contribution in [0.2, 0.25) is 0 Å². The number of aromatic nitrogens is 2. The Balaban J connectivity index is 1.35. The molecule has 1 aliphatic rings. The number of piperidine rings is 1. The van der Waals surface area contributed by atoms with Crippen molar-refractivity contribution in [1.82, 2.24) is 15.0 Å². The van der Waals surface area contributed by atoms with Crippen LogP contribution in [0.4, 0.5) is 14.9 Å². The minimum atomic E-state index is -0.380. The highest BCUT2D eigenvalue weighted by Gasteiger charge is 2.27. The number of benzene rings is 2. The van der Waals surface area contributed by atoms with Crippen molar-refractivity contribution in [2.24, 2.45) is 0 Å². The van der Waals surface area contributed by atoms with Gasteiger partial charge in [-0.05, 0) is 55.3 Å². The van der Waals surface area contributed by atoms with Crippen molar-refractivity contribution in [3.63, 3.8) is 0 Å². The average molecular weight is 445 g/mol. The Kier molecular flexibility index (Phi) is 5.38. The fourth-order valence-electron chi connectivity index (χ4n) is 3.22. The van der Waals surface area contributed by atoms with Gasteiger partial charge in [0.25, 0.3) is 0 Å². The van der Waals surface area contributed by atoms with Crippen molar-refractivity contribution in [1.29, 1.82) is 0 Å². The number of nitrogens with one attached hydrogen (secondary N) is 1. The molecule has 1 N–H and O–H groups in total. The predicted molar refractivity (Wildman–Crippen MR) is 106 cm³/mol. The van der Waals surface area contributed by atoms with Crippen molar-refractivity contribution < 1.29 is 13.7 Å². The lowest BCUT2D eigenvalue weighted by molar-refractivity contribution is 0.187. The van der Waals surface area contributed by atoms with Gasteiger partial charge in [0.1, 0.15) is 5.82 Å². The molecule has 0 spiro atoms. The number of anilines is 1. The fourth-order valence-corrected chi connectivity index (χ4v) is 3.48. The molecule has 1 aliphatic heterocycles. The monoisotopic (exact) mass is 444 g/mol. The summed E-state index contributed by atoms with van der Waals surface area (Å²) in [5.41, 5.74) is 1.34. The Morgan fingerprint density at radius 3 is 2.64 bits per heavy atom. The molecule has 3 aromatic rings. The third kappa shape index (κ3) is 4.22. The zero-order chi connectivity index (χ0) is 19.5. The molecule has 2 amide bonds. The van der Waals surface area contributed by atoms with Gasteiger partial charge in [-0.1, -0.05) is 27.2 Å². The zero-order valence-electron chi connectivity index (χ0n) is 14.9.